The van der Waals surface area contributed by atoms with Crippen molar-refractivity contribution in [1.29, 1.82) is 0 Å². The minimum Gasteiger partial charge on any atom is -0.444 e. The van der Waals surface area contributed by atoms with Crippen LogP contribution in [-0.2, 0) is 4.74 Å². The number of carbonyl (C=O) groups is 1. The van der Waals surface area contributed by atoms with Crippen molar-refractivity contribution >= 4 is 6.09 Å². The Labute approximate surface area is 104 Å². The van der Waals surface area contributed by atoms with Crippen LogP contribution in [0.2, 0.25) is 0 Å². The van der Waals surface area contributed by atoms with Crippen LogP contribution in [0.4, 0.5) is 4.79 Å². The first-order chi connectivity index (χ1) is 7.61. The second-order valence-corrected chi connectivity index (χ2v) is 5.52. The fraction of sp³-hybridized carbons (Fsp3) is 0.769. The number of allylic oxidation sites excluding steroid dienone is 1. The molecule has 1 unspecified atom stereocenters. The molecule has 0 aromatic carbocycles. The molecule has 0 fully saturated rings. The molecule has 0 radical (unpaired) electrons. The maximum Gasteiger partial charge on any atom is 0.407 e. The third kappa shape index (κ3) is 8.74. The fourth-order valence-electron chi connectivity index (χ4n) is 1.15. The zero-order valence-electron chi connectivity index (χ0n) is 11.7. The maximum absolute atomic E-state index is 11.5. The topological polar surface area (TPSA) is 58.6 Å². The Bertz CT molecular complexity index is 275. The largest absolute Gasteiger partial charge is 0.444 e. The summed E-state index contributed by atoms with van der Waals surface area (Å²) in [5.74, 6) is 0. The first-order valence-electron chi connectivity index (χ1n) is 5.93. The fourth-order valence-corrected chi connectivity index (χ4v) is 1.15. The number of carbonyl (C=O) groups excluding carboxylic acids is 1. The normalized spacial score (nSPS) is 14.8. The second kappa shape index (κ2) is 6.64. The molecule has 0 spiro atoms. The smallest absolute Gasteiger partial charge is 0.407 e. The molecule has 0 aliphatic rings. The van der Waals surface area contributed by atoms with Crippen LogP contribution < -0.4 is 5.32 Å². The summed E-state index contributed by atoms with van der Waals surface area (Å²) in [5, 5.41) is 12.4. The molecule has 0 saturated heterocycles. The van der Waals surface area contributed by atoms with Crippen LogP contribution in [0.5, 0.6) is 0 Å². The molecule has 2 atom stereocenters. The van der Waals surface area contributed by atoms with E-state index >= 15 is 0 Å². The van der Waals surface area contributed by atoms with Gasteiger partial charge in [0.05, 0.1) is 12.1 Å². The lowest BCUT2D eigenvalue weighted by atomic mass is 10.1. The molecule has 1 amide bonds. The molecule has 0 rings (SSSR count). The highest BCUT2D eigenvalue weighted by molar-refractivity contribution is 5.68. The van der Waals surface area contributed by atoms with Crippen LogP contribution in [0.25, 0.3) is 0 Å². The monoisotopic (exact) mass is 243 g/mol. The van der Waals surface area contributed by atoms with E-state index in [9.17, 15) is 9.90 Å². The minimum atomic E-state index is -0.600. The number of hydrogen-bond acceptors (Lipinski definition) is 3. The Morgan fingerprint density at radius 2 is 1.94 bits per heavy atom. The Balaban J connectivity index is 4.12. The average molecular weight is 243 g/mol. The van der Waals surface area contributed by atoms with Crippen LogP contribution in [0.15, 0.2) is 11.6 Å². The van der Waals surface area contributed by atoms with Gasteiger partial charge in [-0.15, -0.1) is 0 Å². The van der Waals surface area contributed by atoms with Crippen molar-refractivity contribution in [3.63, 3.8) is 0 Å². The van der Waals surface area contributed by atoms with Gasteiger partial charge in [0.1, 0.15) is 5.60 Å². The molecule has 0 aromatic heterocycles. The molecule has 4 nitrogen and oxygen atoms in total. The number of nitrogens with one attached hydrogen (secondary N) is 1. The molecule has 17 heavy (non-hydrogen) atoms. The molecule has 0 aliphatic heterocycles. The van der Waals surface area contributed by atoms with Gasteiger partial charge < -0.3 is 15.2 Å². The van der Waals surface area contributed by atoms with Crippen LogP contribution in [0.3, 0.4) is 0 Å². The van der Waals surface area contributed by atoms with E-state index in [-0.39, 0.29) is 6.04 Å². The molecule has 0 aliphatic carbocycles. The molecule has 0 saturated carbocycles. The highest BCUT2D eigenvalue weighted by atomic mass is 16.6. The van der Waals surface area contributed by atoms with E-state index in [1.807, 2.05) is 19.9 Å². The zero-order valence-corrected chi connectivity index (χ0v) is 11.7. The predicted octanol–water partition coefficient (Wildman–Crippen LogP) is 2.62. The quantitative estimate of drug-likeness (QED) is 0.746. The lowest BCUT2D eigenvalue weighted by Crippen LogP contribution is -2.43. The number of aliphatic hydroxyl groups excluding tert-OH is 1. The second-order valence-electron chi connectivity index (χ2n) is 5.52. The minimum absolute atomic E-state index is 0.333. The van der Waals surface area contributed by atoms with E-state index in [2.05, 4.69) is 5.32 Å². The van der Waals surface area contributed by atoms with Crippen molar-refractivity contribution in [2.24, 2.45) is 0 Å². The molecule has 0 bridgehead atoms. The van der Waals surface area contributed by atoms with E-state index < -0.39 is 17.8 Å². The summed E-state index contributed by atoms with van der Waals surface area (Å²) < 4.78 is 5.11. The van der Waals surface area contributed by atoms with Crippen LogP contribution in [0.1, 0.15) is 48.0 Å². The highest BCUT2D eigenvalue weighted by Crippen LogP contribution is 2.08. The molecular formula is C13H25NO3. The van der Waals surface area contributed by atoms with E-state index in [0.29, 0.717) is 6.42 Å². The molecule has 4 heteroatoms. The van der Waals surface area contributed by atoms with Crippen molar-refractivity contribution < 1.29 is 14.6 Å². The van der Waals surface area contributed by atoms with Gasteiger partial charge in [0.25, 0.3) is 0 Å². The SMILES string of the molecule is CC(C)=CCC(O)[C@H](C)NC(=O)OC(C)(C)C. The zero-order chi connectivity index (χ0) is 13.6. The summed E-state index contributed by atoms with van der Waals surface area (Å²) in [6.07, 6.45) is 1.37. The Morgan fingerprint density at radius 1 is 1.41 bits per heavy atom. The highest BCUT2D eigenvalue weighted by Gasteiger charge is 2.20. The van der Waals surface area contributed by atoms with Gasteiger partial charge in [0.2, 0.25) is 0 Å². The number of alkyl carbamates (subject to hydrolysis) is 1. The van der Waals surface area contributed by atoms with Gasteiger partial charge in [-0.3, -0.25) is 0 Å². The lowest BCUT2D eigenvalue weighted by molar-refractivity contribution is 0.0439. The molecule has 100 valence electrons. The molecule has 0 heterocycles. The Morgan fingerprint density at radius 3 is 2.35 bits per heavy atom. The summed E-state index contributed by atoms with van der Waals surface area (Å²) in [4.78, 5) is 11.5. The molecule has 0 aromatic rings. The summed E-state index contributed by atoms with van der Waals surface area (Å²) in [6, 6.07) is -0.333. The van der Waals surface area contributed by atoms with Gasteiger partial charge in [-0.1, -0.05) is 11.6 Å². The van der Waals surface area contributed by atoms with E-state index in [4.69, 9.17) is 4.74 Å². The van der Waals surface area contributed by atoms with E-state index in [1.165, 1.54) is 0 Å². The van der Waals surface area contributed by atoms with E-state index in [0.717, 1.165) is 5.57 Å². The third-order valence-electron chi connectivity index (χ3n) is 2.09. The predicted molar refractivity (Wildman–Crippen MR) is 68.9 cm³/mol. The first kappa shape index (κ1) is 16.0. The average Bonchev–Trinajstić information content (AvgIpc) is 2.10. The van der Waals surface area contributed by atoms with Gasteiger partial charge in [-0.05, 0) is 48.0 Å². The van der Waals surface area contributed by atoms with Gasteiger partial charge in [-0.2, -0.15) is 0 Å². The standard InChI is InChI=1S/C13H25NO3/c1-9(2)7-8-11(15)10(3)14-12(16)17-13(4,5)6/h7,10-11,15H,8H2,1-6H3,(H,14,16)/t10-,11?/m0/s1. The van der Waals surface area contributed by atoms with Crippen molar-refractivity contribution in [1.82, 2.24) is 5.32 Å². The number of hydrogen-bond donors (Lipinski definition) is 2. The number of amides is 1. The summed E-state index contributed by atoms with van der Waals surface area (Å²) in [5.41, 5.74) is 0.628. The van der Waals surface area contributed by atoms with Crippen molar-refractivity contribution in [2.45, 2.75) is 65.7 Å². The summed E-state index contributed by atoms with van der Waals surface area (Å²) in [7, 11) is 0. The van der Waals surface area contributed by atoms with Crippen molar-refractivity contribution in [3.05, 3.63) is 11.6 Å². The third-order valence-corrected chi connectivity index (χ3v) is 2.09. The van der Waals surface area contributed by atoms with Gasteiger partial charge >= 0.3 is 6.09 Å². The number of rotatable bonds is 4. The van der Waals surface area contributed by atoms with Gasteiger partial charge in [-0.25, -0.2) is 4.79 Å². The lowest BCUT2D eigenvalue weighted by Gasteiger charge is -2.23. The molecular weight excluding hydrogens is 218 g/mol. The summed E-state index contributed by atoms with van der Waals surface area (Å²) >= 11 is 0. The van der Waals surface area contributed by atoms with Crippen molar-refractivity contribution in [3.8, 4) is 0 Å². The summed E-state index contributed by atoms with van der Waals surface area (Å²) in [6.45, 7) is 11.1. The first-order valence-corrected chi connectivity index (χ1v) is 5.93. The van der Waals surface area contributed by atoms with Crippen LogP contribution >= 0.6 is 0 Å². The van der Waals surface area contributed by atoms with E-state index in [1.54, 1.807) is 27.7 Å². The van der Waals surface area contributed by atoms with Crippen LogP contribution in [0, 0.1) is 0 Å². The van der Waals surface area contributed by atoms with Gasteiger partial charge in [0, 0.05) is 0 Å². The maximum atomic E-state index is 11.5. The Kier molecular flexibility index (Phi) is 6.24. The van der Waals surface area contributed by atoms with Crippen LogP contribution in [-0.4, -0.2) is 28.9 Å². The van der Waals surface area contributed by atoms with Crippen molar-refractivity contribution in [2.75, 3.05) is 0 Å². The Hall–Kier alpha value is -1.03. The number of ether oxygens (including phenoxy) is 1. The van der Waals surface area contributed by atoms with Gasteiger partial charge in [0.15, 0.2) is 0 Å². The number of aliphatic hydroxyl groups is 1. The molecule has 2 N–H and O–H groups in total.